The summed E-state index contributed by atoms with van der Waals surface area (Å²) < 4.78 is 0. The zero-order valence-corrected chi connectivity index (χ0v) is 14.7. The average Bonchev–Trinajstić information content (AvgIpc) is 3.15. The number of allylic oxidation sites excluding steroid dienone is 2. The van der Waals surface area contributed by atoms with Crippen LogP contribution in [0.1, 0.15) is 51.0 Å². The summed E-state index contributed by atoms with van der Waals surface area (Å²) in [5.41, 5.74) is 1.11. The van der Waals surface area contributed by atoms with Crippen LogP contribution in [-0.4, -0.2) is 34.6 Å². The van der Waals surface area contributed by atoms with Gasteiger partial charge in [0.1, 0.15) is 0 Å². The minimum absolute atomic E-state index is 0.150. The molecule has 130 valence electrons. The summed E-state index contributed by atoms with van der Waals surface area (Å²) >= 11 is 0. The van der Waals surface area contributed by atoms with Gasteiger partial charge in [-0.15, -0.1) is 0 Å². The molecule has 0 radical (unpaired) electrons. The van der Waals surface area contributed by atoms with Crippen molar-refractivity contribution in [1.29, 1.82) is 0 Å². The molecule has 2 aliphatic heterocycles. The van der Waals surface area contributed by atoms with Crippen LogP contribution in [0.25, 0.3) is 0 Å². The Morgan fingerprint density at radius 1 is 1.33 bits per heavy atom. The fourth-order valence-electron chi connectivity index (χ4n) is 4.75. The molecule has 3 atom stereocenters. The Kier molecular flexibility index (Phi) is 5.40. The number of unbranched alkanes of at least 4 members (excludes halogenated alkanes) is 1. The highest BCUT2D eigenvalue weighted by Gasteiger charge is 2.56. The van der Waals surface area contributed by atoms with Gasteiger partial charge in [-0.1, -0.05) is 42.5 Å². The van der Waals surface area contributed by atoms with Gasteiger partial charge in [0.2, 0.25) is 5.91 Å². The number of aliphatic hydroxyl groups excluding tert-OH is 1. The number of fused-ring (bicyclic) bond motifs is 2. The van der Waals surface area contributed by atoms with Crippen molar-refractivity contribution in [3.05, 3.63) is 48.0 Å². The molecule has 24 heavy (non-hydrogen) atoms. The summed E-state index contributed by atoms with van der Waals surface area (Å²) in [5, 5.41) is 10.2. The average molecular weight is 327 g/mol. The molecule has 1 aromatic rings. The van der Waals surface area contributed by atoms with Gasteiger partial charge in [0.25, 0.3) is 0 Å². The number of rotatable bonds is 7. The van der Waals surface area contributed by atoms with E-state index in [0.717, 1.165) is 38.5 Å². The van der Waals surface area contributed by atoms with Gasteiger partial charge in [0, 0.05) is 23.9 Å². The summed E-state index contributed by atoms with van der Waals surface area (Å²) in [7, 11) is 0. The van der Waals surface area contributed by atoms with Gasteiger partial charge in [0.05, 0.1) is 6.61 Å². The Bertz CT molecular complexity index is 583. The Balaban J connectivity index is 1.70. The van der Waals surface area contributed by atoms with E-state index in [9.17, 15) is 9.90 Å². The molecule has 2 saturated heterocycles. The number of aliphatic hydroxyl groups is 1. The Morgan fingerprint density at radius 3 is 2.83 bits per heavy atom. The Labute approximate surface area is 145 Å². The third-order valence-electron chi connectivity index (χ3n) is 5.85. The summed E-state index contributed by atoms with van der Waals surface area (Å²) in [5.74, 6) is 0.287. The van der Waals surface area contributed by atoms with Crippen molar-refractivity contribution in [1.82, 2.24) is 4.90 Å². The number of carbonyl (C=O) groups is 1. The molecular weight excluding hydrogens is 298 g/mol. The van der Waals surface area contributed by atoms with Crippen molar-refractivity contribution < 1.29 is 9.90 Å². The number of hydrogen-bond donors (Lipinski definition) is 1. The van der Waals surface area contributed by atoms with Crippen LogP contribution in [-0.2, 0) is 11.2 Å². The first-order valence-corrected chi connectivity index (χ1v) is 9.27. The number of benzene rings is 1. The Hall–Kier alpha value is -1.61. The topological polar surface area (TPSA) is 40.5 Å². The van der Waals surface area contributed by atoms with Crippen LogP contribution in [0.3, 0.4) is 0 Å². The van der Waals surface area contributed by atoms with Crippen molar-refractivity contribution in [3.63, 3.8) is 0 Å². The molecular formula is C21H29NO2. The standard InChI is InChI=1S/C21H29NO2/c1-2-3-4-8-11-20(24)22-18-12-13-19(22)21(15-18,16-23)14-17-9-6-5-7-10-17/h2-3,5-7,9-10,18-19,23H,4,8,11-16H2,1H3/t18-,19+,21-/m0/s1. The lowest BCUT2D eigenvalue weighted by molar-refractivity contribution is -0.133. The largest absolute Gasteiger partial charge is 0.396 e. The molecule has 2 aliphatic rings. The van der Waals surface area contributed by atoms with Gasteiger partial charge in [-0.3, -0.25) is 4.79 Å². The van der Waals surface area contributed by atoms with E-state index >= 15 is 0 Å². The monoisotopic (exact) mass is 327 g/mol. The minimum Gasteiger partial charge on any atom is -0.396 e. The van der Waals surface area contributed by atoms with Crippen molar-refractivity contribution in [3.8, 4) is 0 Å². The van der Waals surface area contributed by atoms with Crippen LogP contribution in [0, 0.1) is 5.41 Å². The molecule has 3 rings (SSSR count). The van der Waals surface area contributed by atoms with E-state index in [-0.39, 0.29) is 24.0 Å². The minimum atomic E-state index is -0.150. The van der Waals surface area contributed by atoms with Gasteiger partial charge >= 0.3 is 0 Å². The first-order valence-electron chi connectivity index (χ1n) is 9.27. The van der Waals surface area contributed by atoms with Crippen molar-refractivity contribution in [2.24, 2.45) is 5.41 Å². The summed E-state index contributed by atoms with van der Waals surface area (Å²) in [6, 6.07) is 10.9. The molecule has 1 amide bonds. The smallest absolute Gasteiger partial charge is 0.223 e. The first-order chi connectivity index (χ1) is 11.7. The predicted octanol–water partition coefficient (Wildman–Crippen LogP) is 3.72. The molecule has 1 N–H and O–H groups in total. The van der Waals surface area contributed by atoms with Crippen LogP contribution in [0.15, 0.2) is 42.5 Å². The zero-order valence-electron chi connectivity index (χ0n) is 14.7. The predicted molar refractivity (Wildman–Crippen MR) is 96.6 cm³/mol. The van der Waals surface area contributed by atoms with Crippen LogP contribution in [0.5, 0.6) is 0 Å². The number of amides is 1. The number of nitrogens with zero attached hydrogens (tertiary/aromatic N) is 1. The fraction of sp³-hybridized carbons (Fsp3) is 0.571. The molecule has 0 aromatic heterocycles. The van der Waals surface area contributed by atoms with Crippen molar-refractivity contribution >= 4 is 5.91 Å². The maximum atomic E-state index is 12.7. The van der Waals surface area contributed by atoms with Gasteiger partial charge in [-0.25, -0.2) is 0 Å². The molecule has 0 aliphatic carbocycles. The lowest BCUT2D eigenvalue weighted by Crippen LogP contribution is -2.43. The third kappa shape index (κ3) is 3.27. The SMILES string of the molecule is CC=CCCCC(=O)N1[C@H]2CC[C@@H]1[C@@](CO)(Cc1ccccc1)C2. The molecule has 2 fully saturated rings. The molecule has 0 spiro atoms. The molecule has 3 nitrogen and oxygen atoms in total. The number of hydrogen-bond acceptors (Lipinski definition) is 2. The maximum Gasteiger partial charge on any atom is 0.223 e. The van der Waals surface area contributed by atoms with E-state index in [4.69, 9.17) is 0 Å². The van der Waals surface area contributed by atoms with E-state index in [1.165, 1.54) is 5.56 Å². The highest BCUT2D eigenvalue weighted by atomic mass is 16.3. The zero-order chi connectivity index (χ0) is 17.0. The molecule has 2 heterocycles. The molecule has 2 bridgehead atoms. The lowest BCUT2D eigenvalue weighted by Gasteiger charge is -2.36. The van der Waals surface area contributed by atoms with Crippen LogP contribution in [0.2, 0.25) is 0 Å². The van der Waals surface area contributed by atoms with Crippen LogP contribution < -0.4 is 0 Å². The second-order valence-corrected chi connectivity index (χ2v) is 7.40. The fourth-order valence-corrected chi connectivity index (χ4v) is 4.75. The Morgan fingerprint density at radius 2 is 2.12 bits per heavy atom. The van der Waals surface area contributed by atoms with Gasteiger partial charge in [-0.2, -0.15) is 0 Å². The molecule has 1 aromatic carbocycles. The summed E-state index contributed by atoms with van der Waals surface area (Å²) in [6.45, 7) is 2.19. The quantitative estimate of drug-likeness (QED) is 0.612. The van der Waals surface area contributed by atoms with Gasteiger partial charge in [-0.05, 0) is 51.0 Å². The van der Waals surface area contributed by atoms with E-state index in [0.29, 0.717) is 12.5 Å². The second-order valence-electron chi connectivity index (χ2n) is 7.40. The molecule has 0 unspecified atom stereocenters. The maximum absolute atomic E-state index is 12.7. The second kappa shape index (κ2) is 7.52. The van der Waals surface area contributed by atoms with E-state index in [1.807, 2.05) is 19.1 Å². The number of carbonyl (C=O) groups excluding carboxylic acids is 1. The van der Waals surface area contributed by atoms with Crippen molar-refractivity contribution in [2.75, 3.05) is 6.61 Å². The van der Waals surface area contributed by atoms with Crippen LogP contribution in [0.4, 0.5) is 0 Å². The van der Waals surface area contributed by atoms with Crippen molar-refractivity contribution in [2.45, 2.75) is 64.0 Å². The van der Waals surface area contributed by atoms with Crippen LogP contribution >= 0.6 is 0 Å². The van der Waals surface area contributed by atoms with Gasteiger partial charge in [0.15, 0.2) is 0 Å². The highest BCUT2D eigenvalue weighted by molar-refractivity contribution is 5.78. The van der Waals surface area contributed by atoms with E-state index in [2.05, 4.69) is 35.2 Å². The van der Waals surface area contributed by atoms with E-state index in [1.54, 1.807) is 0 Å². The first kappa shape index (κ1) is 17.2. The van der Waals surface area contributed by atoms with E-state index < -0.39 is 0 Å². The van der Waals surface area contributed by atoms with Gasteiger partial charge < -0.3 is 10.0 Å². The lowest BCUT2D eigenvalue weighted by atomic mass is 9.70. The molecule has 3 heteroatoms. The normalized spacial score (nSPS) is 28.8. The summed E-state index contributed by atoms with van der Waals surface area (Å²) in [6.07, 6.45) is 10.6. The third-order valence-corrected chi connectivity index (χ3v) is 5.85. The highest BCUT2D eigenvalue weighted by Crippen LogP contribution is 2.51. The summed E-state index contributed by atoms with van der Waals surface area (Å²) in [4.78, 5) is 14.9. The molecule has 0 saturated carbocycles.